The van der Waals surface area contributed by atoms with Crippen molar-refractivity contribution in [2.24, 2.45) is 11.8 Å². The highest BCUT2D eigenvalue weighted by Gasteiger charge is 2.40. The summed E-state index contributed by atoms with van der Waals surface area (Å²) in [6.07, 6.45) is -0.331. The maximum Gasteiger partial charge on any atom is 0.459 e. The zero-order valence-corrected chi connectivity index (χ0v) is 27.9. The largest absolute Gasteiger partial charge is 0.479 e. The lowest BCUT2D eigenvalue weighted by molar-refractivity contribution is -0.143. The lowest BCUT2D eigenvalue weighted by atomic mass is 10.1. The van der Waals surface area contributed by atoms with Crippen molar-refractivity contribution in [2.45, 2.75) is 66.3 Å². The number of nitrogens with one attached hydrogen (secondary N) is 1. The number of carbonyl (C=O) groups excluding carboxylic acids is 1. The van der Waals surface area contributed by atoms with Gasteiger partial charge in [-0.15, -0.1) is 0 Å². The number of imidazole rings is 1. The van der Waals surface area contributed by atoms with E-state index in [9.17, 15) is 9.36 Å². The minimum absolute atomic E-state index is 0.0108. The van der Waals surface area contributed by atoms with Crippen LogP contribution in [0.3, 0.4) is 0 Å². The van der Waals surface area contributed by atoms with Crippen LogP contribution in [-0.2, 0) is 23.4 Å². The molecule has 5 rings (SSSR count). The first-order valence-corrected chi connectivity index (χ1v) is 16.6. The number of rotatable bonds is 11. The minimum atomic E-state index is -4.14. The number of hydrogen-bond acceptors (Lipinski definition) is 11. The molecule has 5 atom stereocenters. The summed E-state index contributed by atoms with van der Waals surface area (Å²) in [5.41, 5.74) is 6.90. The van der Waals surface area contributed by atoms with Crippen LogP contribution < -0.4 is 20.1 Å². The van der Waals surface area contributed by atoms with E-state index in [4.69, 9.17) is 29.0 Å². The van der Waals surface area contributed by atoms with Crippen molar-refractivity contribution in [3.63, 3.8) is 0 Å². The van der Waals surface area contributed by atoms with Crippen molar-refractivity contribution in [3.8, 4) is 11.6 Å². The van der Waals surface area contributed by atoms with Crippen molar-refractivity contribution in [2.75, 3.05) is 26.6 Å². The van der Waals surface area contributed by atoms with Crippen LogP contribution in [0, 0.1) is 18.8 Å². The number of hydrogen-bond donors (Lipinski definition) is 2. The summed E-state index contributed by atoms with van der Waals surface area (Å²) in [5, 5.41) is 4.49. The van der Waals surface area contributed by atoms with Crippen LogP contribution in [0.4, 0.5) is 5.95 Å². The molecule has 0 bridgehead atoms. The molecule has 3 heterocycles. The van der Waals surface area contributed by atoms with Crippen LogP contribution in [0.15, 0.2) is 42.5 Å². The summed E-state index contributed by atoms with van der Waals surface area (Å²) in [6, 6.07) is 12.1. The van der Waals surface area contributed by atoms with E-state index in [2.05, 4.69) is 20.0 Å². The predicted octanol–water partition coefficient (Wildman–Crippen LogP) is 5.82. The fourth-order valence-corrected chi connectivity index (χ4v) is 7.01. The van der Waals surface area contributed by atoms with Gasteiger partial charge >= 0.3 is 13.7 Å². The first kappa shape index (κ1) is 34.1. The fraction of sp³-hybridized carbons (Fsp3) is 0.484. The molecule has 5 unspecified atom stereocenters. The number of fused-ring (bicyclic) bond motifs is 2. The number of ether oxygens (including phenoxy) is 3. The maximum absolute atomic E-state index is 14.4. The summed E-state index contributed by atoms with van der Waals surface area (Å²) in [4.78, 5) is 25.7. The van der Waals surface area contributed by atoms with E-state index in [1.165, 1.54) is 14.2 Å². The van der Waals surface area contributed by atoms with Gasteiger partial charge in [-0.25, -0.2) is 9.55 Å². The van der Waals surface area contributed by atoms with Crippen LogP contribution in [0.25, 0.3) is 21.9 Å². The maximum atomic E-state index is 14.4. The van der Waals surface area contributed by atoms with Crippen LogP contribution in [0.1, 0.15) is 53.1 Å². The Bertz CT molecular complexity index is 1670. The van der Waals surface area contributed by atoms with Gasteiger partial charge in [0.1, 0.15) is 23.8 Å². The van der Waals surface area contributed by atoms with Gasteiger partial charge in [0, 0.05) is 11.3 Å². The van der Waals surface area contributed by atoms with Gasteiger partial charge in [-0.3, -0.25) is 13.9 Å². The van der Waals surface area contributed by atoms with Gasteiger partial charge in [-0.2, -0.15) is 15.1 Å². The molecule has 1 aliphatic heterocycles. The van der Waals surface area contributed by atoms with E-state index in [1.54, 1.807) is 12.1 Å². The number of nitrogens with two attached hydrogens (primary N) is 1. The molecule has 3 N–H and O–H groups in total. The molecule has 0 spiro atoms. The van der Waals surface area contributed by atoms with Crippen molar-refractivity contribution in [3.05, 3.63) is 48.3 Å². The molecule has 14 heteroatoms. The van der Waals surface area contributed by atoms with Crippen LogP contribution in [0.5, 0.6) is 11.6 Å². The predicted molar refractivity (Wildman–Crippen MR) is 172 cm³/mol. The first-order chi connectivity index (χ1) is 21.5. The Hall–Kier alpha value is -3.77. The Kier molecular flexibility index (Phi) is 11.0. The second kappa shape index (κ2) is 14.6. The minimum Gasteiger partial charge on any atom is -0.479 e. The Morgan fingerprint density at radius 3 is 2.53 bits per heavy atom. The fourth-order valence-electron chi connectivity index (χ4n) is 5.31. The van der Waals surface area contributed by atoms with Crippen LogP contribution in [0.2, 0.25) is 0 Å². The standard InChI is InChI=1S/C29H37N6O7P.C2H6/c1-16(2)23(28(36)39-6)34-43(37,42-22-13-9-11-19-10-7-8-12-21(19)22)40-15-20-14-17(3)27(41-20)35-18(4)31-24-25(35)32-29(30)33-26(24)38-5;1-2/h7-13,16-17,20,23,27H,14-15H2,1-6H3,(H,34,37)(H2,30,32,33);1-2H3. The Labute approximate surface area is 263 Å². The van der Waals surface area contributed by atoms with E-state index in [0.29, 0.717) is 29.2 Å². The van der Waals surface area contributed by atoms with Crippen molar-refractivity contribution in [1.82, 2.24) is 24.6 Å². The number of methoxy groups -OCH3 is 2. The van der Waals surface area contributed by atoms with E-state index in [1.807, 2.05) is 76.4 Å². The van der Waals surface area contributed by atoms with Crippen molar-refractivity contribution in [1.29, 1.82) is 0 Å². The highest BCUT2D eigenvalue weighted by molar-refractivity contribution is 7.52. The summed E-state index contributed by atoms with van der Waals surface area (Å²) in [6.45, 7) is 11.4. The molecular formula is C31H43N6O7P. The summed E-state index contributed by atoms with van der Waals surface area (Å²) >= 11 is 0. The number of nitrogens with zero attached hydrogens (tertiary/aromatic N) is 4. The molecule has 0 amide bonds. The van der Waals surface area contributed by atoms with Crippen molar-refractivity contribution >= 4 is 41.6 Å². The average molecular weight is 643 g/mol. The molecule has 45 heavy (non-hydrogen) atoms. The summed E-state index contributed by atoms with van der Waals surface area (Å²) < 4.78 is 45.1. The van der Waals surface area contributed by atoms with Gasteiger partial charge < -0.3 is 24.5 Å². The molecule has 2 aromatic heterocycles. The van der Waals surface area contributed by atoms with Gasteiger partial charge in [-0.1, -0.05) is 71.0 Å². The molecule has 0 radical (unpaired) electrons. The Balaban J connectivity index is 0.00000226. The molecule has 1 saturated heterocycles. The van der Waals surface area contributed by atoms with Gasteiger partial charge in [0.05, 0.1) is 26.9 Å². The number of aryl methyl sites for hydroxylation is 1. The summed E-state index contributed by atoms with van der Waals surface area (Å²) in [5.74, 6) is 0.498. The molecule has 1 fully saturated rings. The van der Waals surface area contributed by atoms with Crippen LogP contribution >= 0.6 is 7.75 Å². The number of carbonyl (C=O) groups is 1. The zero-order chi connectivity index (χ0) is 32.9. The average Bonchev–Trinajstić information content (AvgIpc) is 3.56. The molecule has 13 nitrogen and oxygen atoms in total. The molecular weight excluding hydrogens is 599 g/mol. The Morgan fingerprint density at radius 2 is 1.84 bits per heavy atom. The summed E-state index contributed by atoms with van der Waals surface area (Å²) in [7, 11) is -1.37. The lowest BCUT2D eigenvalue weighted by Gasteiger charge is -2.27. The smallest absolute Gasteiger partial charge is 0.459 e. The SMILES string of the molecule is CC.COC(=O)C(NP(=O)(OCC1CC(C)C(n2c(C)nc3c(OC)nc(N)nc32)O1)Oc1cccc2ccccc12)C(C)C. The van der Waals surface area contributed by atoms with E-state index < -0.39 is 32.1 Å². The van der Waals surface area contributed by atoms with E-state index in [-0.39, 0.29) is 30.3 Å². The van der Waals surface area contributed by atoms with Crippen LogP contribution in [-0.4, -0.2) is 58.5 Å². The molecule has 0 saturated carbocycles. The van der Waals surface area contributed by atoms with E-state index >= 15 is 0 Å². The van der Waals surface area contributed by atoms with E-state index in [0.717, 1.165) is 10.8 Å². The zero-order valence-electron chi connectivity index (χ0n) is 27.0. The number of aromatic nitrogens is 4. The molecule has 2 aromatic carbocycles. The highest BCUT2D eigenvalue weighted by atomic mass is 31.2. The van der Waals surface area contributed by atoms with Gasteiger partial charge in [0.2, 0.25) is 11.8 Å². The third kappa shape index (κ3) is 7.38. The topological polar surface area (TPSA) is 162 Å². The van der Waals surface area contributed by atoms with Gasteiger partial charge in [0.15, 0.2) is 11.2 Å². The quantitative estimate of drug-likeness (QED) is 0.149. The second-order valence-corrected chi connectivity index (χ2v) is 12.6. The van der Waals surface area contributed by atoms with Gasteiger partial charge in [-0.05, 0) is 30.7 Å². The first-order valence-electron chi connectivity index (χ1n) is 15.0. The Morgan fingerprint density at radius 1 is 1.13 bits per heavy atom. The molecule has 4 aromatic rings. The third-order valence-corrected chi connectivity index (χ3v) is 8.94. The third-order valence-electron chi connectivity index (χ3n) is 7.42. The monoisotopic (exact) mass is 642 g/mol. The molecule has 244 valence electrons. The normalized spacial score (nSPS) is 20.0. The molecule has 0 aliphatic carbocycles. The number of esters is 1. The highest BCUT2D eigenvalue weighted by Crippen LogP contribution is 2.48. The second-order valence-electron chi connectivity index (χ2n) is 10.9. The van der Waals surface area contributed by atoms with Gasteiger partial charge in [0.25, 0.3) is 0 Å². The molecule has 1 aliphatic rings. The number of benzene rings is 2. The lowest BCUT2D eigenvalue weighted by Crippen LogP contribution is -2.41. The number of nitrogen functional groups attached to an aromatic ring is 1. The number of anilines is 1. The van der Waals surface area contributed by atoms with Crippen molar-refractivity contribution < 1.29 is 32.6 Å².